The van der Waals surface area contributed by atoms with E-state index in [0.29, 0.717) is 29.1 Å². The minimum absolute atomic E-state index is 0.0771. The summed E-state index contributed by atoms with van der Waals surface area (Å²) in [7, 11) is -6.72. The average molecular weight is 522 g/mol. The first-order chi connectivity index (χ1) is 16.4. The van der Waals surface area contributed by atoms with E-state index in [0.717, 1.165) is 44.0 Å². The van der Waals surface area contributed by atoms with Crippen molar-refractivity contribution in [1.29, 1.82) is 0 Å². The highest BCUT2D eigenvalue weighted by molar-refractivity contribution is 7.92. The Kier molecular flexibility index (Phi) is 7.12. The number of benzene rings is 2. The molecule has 2 aromatic carbocycles. The van der Waals surface area contributed by atoms with Gasteiger partial charge < -0.3 is 4.74 Å². The van der Waals surface area contributed by atoms with Crippen molar-refractivity contribution in [1.82, 2.24) is 4.90 Å². The molecule has 1 fully saturated rings. The van der Waals surface area contributed by atoms with E-state index in [1.54, 1.807) is 36.4 Å². The fourth-order valence-corrected chi connectivity index (χ4v) is 6.06. The topological polar surface area (TPSA) is 122 Å². The summed E-state index contributed by atoms with van der Waals surface area (Å²) >= 11 is 0. The molecule has 0 aromatic heterocycles. The third kappa shape index (κ3) is 6.53. The lowest BCUT2D eigenvalue weighted by Gasteiger charge is -2.37. The van der Waals surface area contributed by atoms with Gasteiger partial charge in [0.15, 0.2) is 5.78 Å². The van der Waals surface area contributed by atoms with Crippen molar-refractivity contribution in [2.45, 2.75) is 32.4 Å². The number of hydrogen-bond donors (Lipinski definition) is 2. The number of hydrogen-bond acceptors (Lipinski definition) is 7. The minimum atomic E-state index is -3.40. The predicted octanol–water partition coefficient (Wildman–Crippen LogP) is 2.92. The van der Waals surface area contributed by atoms with Gasteiger partial charge in [0.2, 0.25) is 20.0 Å². The Hall–Kier alpha value is -2.63. The van der Waals surface area contributed by atoms with Gasteiger partial charge in [-0.05, 0) is 74.1 Å². The van der Waals surface area contributed by atoms with Gasteiger partial charge in [-0.2, -0.15) is 0 Å². The van der Waals surface area contributed by atoms with Crippen LogP contribution in [0.2, 0.25) is 0 Å². The van der Waals surface area contributed by atoms with Gasteiger partial charge in [-0.25, -0.2) is 16.8 Å². The first-order valence-electron chi connectivity index (χ1n) is 11.5. The Labute approximate surface area is 207 Å². The molecule has 0 bridgehead atoms. The molecule has 0 radical (unpaired) electrons. The highest BCUT2D eigenvalue weighted by Crippen LogP contribution is 2.38. The molecule has 4 rings (SSSR count). The van der Waals surface area contributed by atoms with E-state index >= 15 is 0 Å². The minimum Gasteiger partial charge on any atom is -0.475 e. The number of carbonyl (C=O) groups is 1. The Morgan fingerprint density at radius 1 is 0.914 bits per heavy atom. The molecular formula is C24H31N3O6S2. The van der Waals surface area contributed by atoms with Gasteiger partial charge in [-0.15, -0.1) is 0 Å². The Morgan fingerprint density at radius 3 is 2.09 bits per heavy atom. The maximum atomic E-state index is 13.1. The van der Waals surface area contributed by atoms with Crippen LogP contribution >= 0.6 is 0 Å². The molecule has 0 spiro atoms. The number of rotatable bonds is 8. The molecule has 2 aromatic rings. The summed E-state index contributed by atoms with van der Waals surface area (Å²) in [5.41, 5.74) is 2.50. The summed E-state index contributed by atoms with van der Waals surface area (Å²) in [6, 6.07) is 12.0. The molecule has 2 atom stereocenters. The van der Waals surface area contributed by atoms with Crippen LogP contribution < -0.4 is 14.2 Å². The molecule has 0 saturated carbocycles. The fraction of sp³-hybridized carbons (Fsp3) is 0.458. The third-order valence-corrected chi connectivity index (χ3v) is 7.79. The van der Waals surface area contributed by atoms with Crippen LogP contribution in [0.4, 0.5) is 11.4 Å². The van der Waals surface area contributed by atoms with Gasteiger partial charge in [0.1, 0.15) is 12.0 Å². The molecule has 2 N–H and O–H groups in total. The SMILES string of the molecule is CC(Oc1ccc(NS(C)(=O)=O)cc1)N1CCC(C2Cc3ccc(NS(C)(=O)=O)cc3C2=O)CC1. The van der Waals surface area contributed by atoms with Crippen LogP contribution in [-0.2, 0) is 26.5 Å². The molecule has 2 aliphatic rings. The van der Waals surface area contributed by atoms with Crippen molar-refractivity contribution in [2.24, 2.45) is 11.8 Å². The van der Waals surface area contributed by atoms with Crippen molar-refractivity contribution >= 4 is 37.2 Å². The van der Waals surface area contributed by atoms with Gasteiger partial charge in [0.25, 0.3) is 0 Å². The molecule has 1 aliphatic carbocycles. The first kappa shape index (κ1) is 25.5. The highest BCUT2D eigenvalue weighted by atomic mass is 32.2. The number of ketones is 1. The van der Waals surface area contributed by atoms with Crippen LogP contribution in [0.3, 0.4) is 0 Å². The van der Waals surface area contributed by atoms with Gasteiger partial charge >= 0.3 is 0 Å². The molecule has 2 unspecified atom stereocenters. The molecule has 11 heteroatoms. The molecule has 9 nitrogen and oxygen atoms in total. The lowest BCUT2D eigenvalue weighted by molar-refractivity contribution is 0.00876. The van der Waals surface area contributed by atoms with Crippen molar-refractivity contribution < 1.29 is 26.4 Å². The summed E-state index contributed by atoms with van der Waals surface area (Å²) in [5.74, 6) is 0.944. The van der Waals surface area contributed by atoms with Crippen LogP contribution in [0.25, 0.3) is 0 Å². The van der Waals surface area contributed by atoms with Crippen LogP contribution in [0.1, 0.15) is 35.7 Å². The number of ether oxygens (including phenoxy) is 1. The summed E-state index contributed by atoms with van der Waals surface area (Å²) in [6.45, 7) is 3.59. The van der Waals surface area contributed by atoms with Crippen LogP contribution in [0.5, 0.6) is 5.75 Å². The smallest absolute Gasteiger partial charge is 0.229 e. The lowest BCUT2D eigenvalue weighted by atomic mass is 9.82. The number of carbonyl (C=O) groups excluding carboxylic acids is 1. The van der Waals surface area contributed by atoms with Crippen LogP contribution in [-0.4, -0.2) is 59.3 Å². The van der Waals surface area contributed by atoms with Gasteiger partial charge in [0.05, 0.1) is 12.5 Å². The van der Waals surface area contributed by atoms with Crippen LogP contribution in [0.15, 0.2) is 42.5 Å². The monoisotopic (exact) mass is 521 g/mol. The van der Waals surface area contributed by atoms with E-state index < -0.39 is 20.0 Å². The number of likely N-dealkylation sites (tertiary alicyclic amines) is 1. The van der Waals surface area contributed by atoms with Gasteiger partial charge in [-0.3, -0.25) is 19.1 Å². The molecular weight excluding hydrogens is 490 g/mol. The van der Waals surface area contributed by atoms with Gasteiger partial charge in [0, 0.05) is 35.9 Å². The average Bonchev–Trinajstić information content (AvgIpc) is 3.09. The number of anilines is 2. The Morgan fingerprint density at radius 2 is 1.49 bits per heavy atom. The second-order valence-corrected chi connectivity index (χ2v) is 12.9. The number of sulfonamides is 2. The van der Waals surface area contributed by atoms with Crippen LogP contribution in [0, 0.1) is 11.8 Å². The summed E-state index contributed by atoms with van der Waals surface area (Å²) < 4.78 is 56.7. The molecule has 1 aliphatic heterocycles. The molecule has 0 amide bonds. The fourth-order valence-electron chi connectivity index (χ4n) is 4.94. The molecule has 1 heterocycles. The third-order valence-electron chi connectivity index (χ3n) is 6.58. The van der Waals surface area contributed by atoms with E-state index in [1.165, 1.54) is 0 Å². The van der Waals surface area contributed by atoms with E-state index in [1.807, 2.05) is 13.0 Å². The number of piperidine rings is 1. The maximum absolute atomic E-state index is 13.1. The second-order valence-electron chi connectivity index (χ2n) is 9.41. The largest absolute Gasteiger partial charge is 0.475 e. The maximum Gasteiger partial charge on any atom is 0.229 e. The zero-order valence-electron chi connectivity index (χ0n) is 20.0. The summed E-state index contributed by atoms with van der Waals surface area (Å²) in [5, 5.41) is 0. The normalized spacial score (nSPS) is 20.3. The summed E-state index contributed by atoms with van der Waals surface area (Å²) in [4.78, 5) is 15.4. The molecule has 35 heavy (non-hydrogen) atoms. The highest BCUT2D eigenvalue weighted by Gasteiger charge is 2.38. The van der Waals surface area contributed by atoms with Crippen molar-refractivity contribution in [3.63, 3.8) is 0 Å². The molecule has 190 valence electrons. The number of Topliss-reactive ketones (excluding diaryl/α,β-unsaturated/α-hetero) is 1. The van der Waals surface area contributed by atoms with Crippen molar-refractivity contribution in [3.8, 4) is 5.75 Å². The standard InChI is InChI=1S/C24H31N3O6S2/c1-16(33-21-8-6-19(7-9-21)25-34(2,29)30)27-12-10-17(11-13-27)22-14-18-4-5-20(26-35(3,31)32)15-23(18)24(22)28/h4-9,15-17,22,25-26H,10-14H2,1-3H3. The van der Waals surface area contributed by atoms with E-state index in [4.69, 9.17) is 4.74 Å². The first-order valence-corrected chi connectivity index (χ1v) is 15.3. The number of fused-ring (bicyclic) bond motifs is 1. The van der Waals surface area contributed by atoms with E-state index in [-0.39, 0.29) is 23.8 Å². The van der Waals surface area contributed by atoms with E-state index in [2.05, 4.69) is 14.3 Å². The lowest BCUT2D eigenvalue weighted by Crippen LogP contribution is -2.44. The quantitative estimate of drug-likeness (QED) is 0.548. The van der Waals surface area contributed by atoms with Crippen molar-refractivity contribution in [3.05, 3.63) is 53.6 Å². The van der Waals surface area contributed by atoms with Gasteiger partial charge in [-0.1, -0.05) is 6.07 Å². The van der Waals surface area contributed by atoms with Crippen molar-refractivity contribution in [2.75, 3.05) is 35.0 Å². The zero-order valence-corrected chi connectivity index (χ0v) is 21.7. The Bertz CT molecular complexity index is 1300. The Balaban J connectivity index is 1.31. The number of nitrogens with one attached hydrogen (secondary N) is 2. The van der Waals surface area contributed by atoms with E-state index in [9.17, 15) is 21.6 Å². The second kappa shape index (κ2) is 9.79. The predicted molar refractivity (Wildman–Crippen MR) is 136 cm³/mol. The summed E-state index contributed by atoms with van der Waals surface area (Å²) in [6.07, 6.45) is 4.49. The molecule has 1 saturated heterocycles. The zero-order chi connectivity index (χ0) is 25.4. The number of nitrogens with zero attached hydrogens (tertiary/aromatic N) is 1.